The number of nitrogens with zero attached hydrogens (tertiary/aromatic N) is 1. The second-order valence-corrected chi connectivity index (χ2v) is 5.48. The lowest BCUT2D eigenvalue weighted by Crippen LogP contribution is -2.28. The molecule has 0 aliphatic carbocycles. The van der Waals surface area contributed by atoms with Crippen LogP contribution in [0.5, 0.6) is 0 Å². The number of nitrogens with one attached hydrogen (secondary N) is 1. The smallest absolute Gasteiger partial charge is 0.225 e. The molecular weight excluding hydrogens is 250 g/mol. The number of nitrogens with two attached hydrogens (primary N) is 1. The van der Waals surface area contributed by atoms with Crippen LogP contribution in [0.15, 0.2) is 24.3 Å². The predicted molar refractivity (Wildman–Crippen MR) is 84.5 cm³/mol. The Kier molecular flexibility index (Phi) is 7.26. The third-order valence-corrected chi connectivity index (χ3v) is 3.49. The quantitative estimate of drug-likeness (QED) is 0.767. The van der Waals surface area contributed by atoms with Gasteiger partial charge in [0.1, 0.15) is 0 Å². The highest BCUT2D eigenvalue weighted by atomic mass is 16.1. The van der Waals surface area contributed by atoms with Crippen LogP contribution in [0.25, 0.3) is 0 Å². The average Bonchev–Trinajstić information content (AvgIpc) is 2.45. The van der Waals surface area contributed by atoms with Crippen LogP contribution in [0.4, 0.5) is 5.69 Å². The highest BCUT2D eigenvalue weighted by Gasteiger charge is 2.08. The van der Waals surface area contributed by atoms with Crippen LogP contribution in [-0.4, -0.2) is 30.9 Å². The standard InChI is InChI=1S/C16H27N3O/c1-4-13(2)12-19(3)9-8-16(20)18-15-7-5-6-14(10-15)11-17/h5-7,10,13H,4,8-9,11-12,17H2,1-3H3,(H,18,20). The van der Waals surface area contributed by atoms with Crippen molar-refractivity contribution in [3.05, 3.63) is 29.8 Å². The largest absolute Gasteiger partial charge is 0.326 e. The van der Waals surface area contributed by atoms with Gasteiger partial charge in [0.25, 0.3) is 0 Å². The molecule has 0 aliphatic rings. The van der Waals surface area contributed by atoms with Crippen molar-refractivity contribution >= 4 is 11.6 Å². The summed E-state index contributed by atoms with van der Waals surface area (Å²) in [5, 5.41) is 2.92. The normalized spacial score (nSPS) is 12.4. The molecule has 0 heterocycles. The van der Waals surface area contributed by atoms with Gasteiger partial charge in [0.2, 0.25) is 5.91 Å². The van der Waals surface area contributed by atoms with Gasteiger partial charge in [0.15, 0.2) is 0 Å². The fourth-order valence-corrected chi connectivity index (χ4v) is 2.04. The minimum absolute atomic E-state index is 0.0511. The number of benzene rings is 1. The van der Waals surface area contributed by atoms with Crippen molar-refractivity contribution in [1.82, 2.24) is 4.90 Å². The number of hydrogen-bond donors (Lipinski definition) is 2. The molecule has 1 aromatic rings. The number of hydrogen-bond acceptors (Lipinski definition) is 3. The fraction of sp³-hybridized carbons (Fsp3) is 0.562. The van der Waals surface area contributed by atoms with Crippen LogP contribution in [0.3, 0.4) is 0 Å². The molecule has 0 radical (unpaired) electrons. The molecular formula is C16H27N3O. The topological polar surface area (TPSA) is 58.4 Å². The molecule has 1 aromatic carbocycles. The lowest BCUT2D eigenvalue weighted by molar-refractivity contribution is -0.116. The summed E-state index contributed by atoms with van der Waals surface area (Å²) < 4.78 is 0. The maximum absolute atomic E-state index is 11.9. The van der Waals surface area contributed by atoms with E-state index < -0.39 is 0 Å². The lowest BCUT2D eigenvalue weighted by Gasteiger charge is -2.20. The first-order chi connectivity index (χ1) is 9.55. The Morgan fingerprint density at radius 1 is 1.45 bits per heavy atom. The van der Waals surface area contributed by atoms with E-state index in [1.54, 1.807) is 0 Å². The van der Waals surface area contributed by atoms with Crippen LogP contribution in [-0.2, 0) is 11.3 Å². The Bertz CT molecular complexity index is 420. The third kappa shape index (κ3) is 6.17. The molecule has 1 rings (SSSR count). The molecule has 1 atom stereocenters. The predicted octanol–water partition coefficient (Wildman–Crippen LogP) is 2.45. The zero-order chi connectivity index (χ0) is 15.0. The molecule has 0 aromatic heterocycles. The summed E-state index contributed by atoms with van der Waals surface area (Å²) in [6.07, 6.45) is 1.68. The van der Waals surface area contributed by atoms with Crippen molar-refractivity contribution in [1.29, 1.82) is 0 Å². The molecule has 3 N–H and O–H groups in total. The molecule has 0 fully saturated rings. The van der Waals surface area contributed by atoms with Gasteiger partial charge in [-0.3, -0.25) is 4.79 Å². The number of anilines is 1. The Hall–Kier alpha value is -1.39. The van der Waals surface area contributed by atoms with Gasteiger partial charge in [0.05, 0.1) is 0 Å². The number of carbonyl (C=O) groups excluding carboxylic acids is 1. The highest BCUT2D eigenvalue weighted by Crippen LogP contribution is 2.10. The van der Waals surface area contributed by atoms with E-state index in [1.807, 2.05) is 24.3 Å². The Morgan fingerprint density at radius 3 is 2.85 bits per heavy atom. The third-order valence-electron chi connectivity index (χ3n) is 3.49. The van der Waals surface area contributed by atoms with E-state index in [4.69, 9.17) is 5.73 Å². The van der Waals surface area contributed by atoms with Gasteiger partial charge in [0, 0.05) is 31.7 Å². The van der Waals surface area contributed by atoms with Gasteiger partial charge in [-0.15, -0.1) is 0 Å². The SMILES string of the molecule is CCC(C)CN(C)CCC(=O)Nc1cccc(CN)c1. The summed E-state index contributed by atoms with van der Waals surface area (Å²) in [4.78, 5) is 14.1. The van der Waals surface area contributed by atoms with Crippen LogP contribution in [0.1, 0.15) is 32.3 Å². The molecule has 112 valence electrons. The van der Waals surface area contributed by atoms with E-state index in [9.17, 15) is 4.79 Å². The molecule has 0 bridgehead atoms. The van der Waals surface area contributed by atoms with Crippen LogP contribution >= 0.6 is 0 Å². The van der Waals surface area contributed by atoms with Crippen molar-refractivity contribution in [2.24, 2.45) is 11.7 Å². The molecule has 0 spiro atoms. The summed E-state index contributed by atoms with van der Waals surface area (Å²) >= 11 is 0. The fourth-order valence-electron chi connectivity index (χ4n) is 2.04. The monoisotopic (exact) mass is 277 g/mol. The summed E-state index contributed by atoms with van der Waals surface area (Å²) in [7, 11) is 2.06. The maximum atomic E-state index is 11.9. The van der Waals surface area contributed by atoms with Crippen LogP contribution < -0.4 is 11.1 Å². The van der Waals surface area contributed by atoms with Gasteiger partial charge < -0.3 is 16.0 Å². The van der Waals surface area contributed by atoms with Gasteiger partial charge in [-0.1, -0.05) is 32.4 Å². The Morgan fingerprint density at radius 2 is 2.20 bits per heavy atom. The lowest BCUT2D eigenvalue weighted by atomic mass is 10.1. The zero-order valence-corrected chi connectivity index (χ0v) is 12.9. The molecule has 0 saturated carbocycles. The van der Waals surface area contributed by atoms with Crippen LogP contribution in [0.2, 0.25) is 0 Å². The summed E-state index contributed by atoms with van der Waals surface area (Å²) in [5.74, 6) is 0.722. The number of carbonyl (C=O) groups is 1. The summed E-state index contributed by atoms with van der Waals surface area (Å²) in [6.45, 7) is 6.73. The first-order valence-corrected chi connectivity index (χ1v) is 7.32. The zero-order valence-electron chi connectivity index (χ0n) is 12.9. The molecule has 4 nitrogen and oxygen atoms in total. The molecule has 4 heteroatoms. The molecule has 20 heavy (non-hydrogen) atoms. The van der Waals surface area contributed by atoms with Crippen molar-refractivity contribution in [3.8, 4) is 0 Å². The molecule has 1 amide bonds. The average molecular weight is 277 g/mol. The van der Waals surface area contributed by atoms with E-state index in [-0.39, 0.29) is 5.91 Å². The first-order valence-electron chi connectivity index (χ1n) is 7.32. The number of rotatable bonds is 8. The second-order valence-electron chi connectivity index (χ2n) is 5.48. The number of amides is 1. The van der Waals surface area contributed by atoms with Crippen molar-refractivity contribution in [2.45, 2.75) is 33.2 Å². The van der Waals surface area contributed by atoms with Crippen LogP contribution in [0, 0.1) is 5.92 Å². The Labute approximate surface area is 122 Å². The van der Waals surface area contributed by atoms with E-state index in [1.165, 1.54) is 6.42 Å². The van der Waals surface area contributed by atoms with Crippen molar-refractivity contribution < 1.29 is 4.79 Å². The highest BCUT2D eigenvalue weighted by molar-refractivity contribution is 5.90. The van der Waals surface area contributed by atoms with Crippen molar-refractivity contribution in [2.75, 3.05) is 25.5 Å². The van der Waals surface area contributed by atoms with E-state index in [0.717, 1.165) is 24.3 Å². The van der Waals surface area contributed by atoms with E-state index in [2.05, 4.69) is 31.1 Å². The molecule has 0 aliphatic heterocycles. The Balaban J connectivity index is 2.36. The molecule has 0 saturated heterocycles. The minimum Gasteiger partial charge on any atom is -0.326 e. The maximum Gasteiger partial charge on any atom is 0.225 e. The van der Waals surface area contributed by atoms with Gasteiger partial charge in [-0.25, -0.2) is 0 Å². The van der Waals surface area contributed by atoms with Gasteiger partial charge in [-0.2, -0.15) is 0 Å². The van der Waals surface area contributed by atoms with E-state index in [0.29, 0.717) is 18.9 Å². The summed E-state index contributed by atoms with van der Waals surface area (Å²) in [5.41, 5.74) is 7.43. The first kappa shape index (κ1) is 16.7. The van der Waals surface area contributed by atoms with E-state index >= 15 is 0 Å². The van der Waals surface area contributed by atoms with Gasteiger partial charge in [-0.05, 0) is 30.7 Å². The molecule has 1 unspecified atom stereocenters. The van der Waals surface area contributed by atoms with Gasteiger partial charge >= 0.3 is 0 Å². The minimum atomic E-state index is 0.0511. The summed E-state index contributed by atoms with van der Waals surface area (Å²) in [6, 6.07) is 7.67. The second kappa shape index (κ2) is 8.72. The van der Waals surface area contributed by atoms with Crippen molar-refractivity contribution in [3.63, 3.8) is 0 Å².